The van der Waals surface area contributed by atoms with Crippen molar-refractivity contribution < 1.29 is 19.5 Å². The summed E-state index contributed by atoms with van der Waals surface area (Å²) in [6.45, 7) is 4.54. The maximum atomic E-state index is 12.1. The van der Waals surface area contributed by atoms with Gasteiger partial charge in [0.1, 0.15) is 6.04 Å². The molecule has 0 aromatic rings. The Labute approximate surface area is 112 Å². The standard InChI is InChI=1S/C12H21N3O4/c1-7(2)6-15(8-3-4-8)12(19)14-9(11(17)18)5-10(13)16/h7-9H,3-6H2,1-2H3,(H2,13,16)(H,14,19)(H,17,18). The number of primary amides is 1. The van der Waals surface area contributed by atoms with Crippen LogP contribution in [-0.2, 0) is 9.59 Å². The molecule has 0 aliphatic heterocycles. The van der Waals surface area contributed by atoms with Gasteiger partial charge >= 0.3 is 12.0 Å². The lowest BCUT2D eigenvalue weighted by Gasteiger charge is -2.26. The quantitative estimate of drug-likeness (QED) is 0.611. The Hall–Kier alpha value is -1.79. The maximum absolute atomic E-state index is 12.1. The molecule has 1 saturated carbocycles. The van der Waals surface area contributed by atoms with Gasteiger partial charge in [0.05, 0.1) is 6.42 Å². The summed E-state index contributed by atoms with van der Waals surface area (Å²) in [5.74, 6) is -1.72. The number of carbonyl (C=O) groups is 3. The number of carboxylic acid groups (broad SMARTS) is 1. The third-order valence-corrected chi connectivity index (χ3v) is 2.81. The normalized spacial score (nSPS) is 15.9. The van der Waals surface area contributed by atoms with E-state index in [1.54, 1.807) is 4.90 Å². The van der Waals surface area contributed by atoms with E-state index in [4.69, 9.17) is 10.8 Å². The molecule has 108 valence electrons. The molecule has 3 amide bonds. The van der Waals surface area contributed by atoms with Gasteiger partial charge in [0.25, 0.3) is 0 Å². The molecule has 19 heavy (non-hydrogen) atoms. The van der Waals surface area contributed by atoms with Crippen LogP contribution in [0.4, 0.5) is 4.79 Å². The topological polar surface area (TPSA) is 113 Å². The van der Waals surface area contributed by atoms with E-state index in [0.29, 0.717) is 12.5 Å². The predicted octanol–water partition coefficient (Wildman–Crippen LogP) is 0.145. The molecule has 1 aliphatic carbocycles. The first kappa shape index (κ1) is 15.3. The van der Waals surface area contributed by atoms with Crippen molar-refractivity contribution in [1.29, 1.82) is 0 Å². The summed E-state index contributed by atoms with van der Waals surface area (Å²) in [6.07, 6.45) is 1.47. The van der Waals surface area contributed by atoms with E-state index in [1.165, 1.54) is 0 Å². The molecule has 0 aromatic heterocycles. The van der Waals surface area contributed by atoms with Crippen LogP contribution in [0.3, 0.4) is 0 Å². The van der Waals surface area contributed by atoms with Gasteiger partial charge in [-0.05, 0) is 18.8 Å². The SMILES string of the molecule is CC(C)CN(C(=O)NC(CC(N)=O)C(=O)O)C1CC1. The fraction of sp³-hybridized carbons (Fsp3) is 0.750. The number of hydrogen-bond acceptors (Lipinski definition) is 3. The van der Waals surface area contributed by atoms with Crippen LogP contribution >= 0.6 is 0 Å². The van der Waals surface area contributed by atoms with E-state index >= 15 is 0 Å². The summed E-state index contributed by atoms with van der Waals surface area (Å²) in [5, 5.41) is 11.3. The van der Waals surface area contributed by atoms with Crippen molar-refractivity contribution in [2.45, 2.75) is 45.2 Å². The average Bonchev–Trinajstić information content (AvgIpc) is 3.07. The second-order valence-corrected chi connectivity index (χ2v) is 5.29. The van der Waals surface area contributed by atoms with Crippen LogP contribution in [-0.4, -0.2) is 46.5 Å². The monoisotopic (exact) mass is 271 g/mol. The van der Waals surface area contributed by atoms with Crippen LogP contribution in [0.25, 0.3) is 0 Å². The van der Waals surface area contributed by atoms with E-state index in [0.717, 1.165) is 12.8 Å². The number of nitrogens with one attached hydrogen (secondary N) is 1. The molecular formula is C12H21N3O4. The zero-order chi connectivity index (χ0) is 14.6. The summed E-state index contributed by atoms with van der Waals surface area (Å²) in [5.41, 5.74) is 4.97. The van der Waals surface area contributed by atoms with Gasteiger partial charge < -0.3 is 21.1 Å². The van der Waals surface area contributed by atoms with Gasteiger partial charge in [0.2, 0.25) is 5.91 Å². The van der Waals surface area contributed by atoms with Crippen molar-refractivity contribution in [2.24, 2.45) is 11.7 Å². The number of carboxylic acids is 1. The Balaban J connectivity index is 2.62. The minimum atomic E-state index is -1.27. The highest BCUT2D eigenvalue weighted by molar-refractivity contribution is 5.87. The molecule has 1 atom stereocenters. The van der Waals surface area contributed by atoms with Gasteiger partial charge in [-0.1, -0.05) is 13.8 Å². The number of rotatable bonds is 7. The van der Waals surface area contributed by atoms with Crippen molar-refractivity contribution in [3.8, 4) is 0 Å². The van der Waals surface area contributed by atoms with Crippen molar-refractivity contribution in [2.75, 3.05) is 6.54 Å². The van der Waals surface area contributed by atoms with E-state index in [9.17, 15) is 14.4 Å². The molecule has 0 bridgehead atoms. The minimum absolute atomic E-state index is 0.186. The lowest BCUT2D eigenvalue weighted by molar-refractivity contribution is -0.141. The Kier molecular flexibility index (Phi) is 5.14. The number of aliphatic carboxylic acids is 1. The second-order valence-electron chi connectivity index (χ2n) is 5.29. The van der Waals surface area contributed by atoms with Gasteiger partial charge in [-0.2, -0.15) is 0 Å². The van der Waals surface area contributed by atoms with Gasteiger partial charge in [-0.15, -0.1) is 0 Å². The molecule has 7 heteroatoms. The minimum Gasteiger partial charge on any atom is -0.480 e. The van der Waals surface area contributed by atoms with Crippen LogP contribution in [0.15, 0.2) is 0 Å². The molecule has 0 saturated heterocycles. The van der Waals surface area contributed by atoms with Crippen molar-refractivity contribution in [3.63, 3.8) is 0 Å². The smallest absolute Gasteiger partial charge is 0.326 e. The highest BCUT2D eigenvalue weighted by Crippen LogP contribution is 2.27. The molecule has 0 heterocycles. The molecule has 7 nitrogen and oxygen atoms in total. The average molecular weight is 271 g/mol. The molecular weight excluding hydrogens is 250 g/mol. The molecule has 0 radical (unpaired) electrons. The Morgan fingerprint density at radius 1 is 1.37 bits per heavy atom. The summed E-state index contributed by atoms with van der Waals surface area (Å²) in [6, 6.07) is -1.52. The molecule has 4 N–H and O–H groups in total. The molecule has 1 aliphatic rings. The van der Waals surface area contributed by atoms with E-state index in [2.05, 4.69) is 5.32 Å². The van der Waals surface area contributed by atoms with Crippen LogP contribution in [0, 0.1) is 5.92 Å². The second kappa shape index (κ2) is 6.40. The van der Waals surface area contributed by atoms with Gasteiger partial charge in [0.15, 0.2) is 0 Å². The number of hydrogen-bond donors (Lipinski definition) is 3. The largest absolute Gasteiger partial charge is 0.480 e. The van der Waals surface area contributed by atoms with Crippen molar-refractivity contribution >= 4 is 17.9 Å². The van der Waals surface area contributed by atoms with Crippen LogP contribution in [0.2, 0.25) is 0 Å². The highest BCUT2D eigenvalue weighted by Gasteiger charge is 2.34. The molecule has 1 unspecified atom stereocenters. The lowest BCUT2D eigenvalue weighted by Crippen LogP contribution is -2.50. The first-order valence-corrected chi connectivity index (χ1v) is 6.39. The summed E-state index contributed by atoms with van der Waals surface area (Å²) >= 11 is 0. The number of nitrogens with two attached hydrogens (primary N) is 1. The van der Waals surface area contributed by atoms with E-state index in [1.807, 2.05) is 13.8 Å². The molecule has 1 rings (SSSR count). The number of carbonyl (C=O) groups excluding carboxylic acids is 2. The van der Waals surface area contributed by atoms with E-state index < -0.39 is 30.4 Å². The van der Waals surface area contributed by atoms with Crippen molar-refractivity contribution in [3.05, 3.63) is 0 Å². The summed E-state index contributed by atoms with van der Waals surface area (Å²) in [7, 11) is 0. The highest BCUT2D eigenvalue weighted by atomic mass is 16.4. The number of urea groups is 1. The number of nitrogens with zero attached hydrogens (tertiary/aromatic N) is 1. The molecule has 0 spiro atoms. The lowest BCUT2D eigenvalue weighted by atomic mass is 10.2. The van der Waals surface area contributed by atoms with Crippen LogP contribution in [0.5, 0.6) is 0 Å². The van der Waals surface area contributed by atoms with Crippen LogP contribution in [0.1, 0.15) is 33.1 Å². The first-order chi connectivity index (χ1) is 8.81. The molecule has 0 aromatic carbocycles. The van der Waals surface area contributed by atoms with Gasteiger partial charge in [-0.25, -0.2) is 9.59 Å². The van der Waals surface area contributed by atoms with E-state index in [-0.39, 0.29) is 6.04 Å². The molecule has 1 fully saturated rings. The van der Waals surface area contributed by atoms with Crippen molar-refractivity contribution in [1.82, 2.24) is 10.2 Å². The fourth-order valence-corrected chi connectivity index (χ4v) is 1.81. The first-order valence-electron chi connectivity index (χ1n) is 6.39. The third kappa shape index (κ3) is 5.15. The summed E-state index contributed by atoms with van der Waals surface area (Å²) in [4.78, 5) is 35.4. The van der Waals surface area contributed by atoms with Gasteiger partial charge in [0, 0.05) is 12.6 Å². The zero-order valence-corrected chi connectivity index (χ0v) is 11.3. The van der Waals surface area contributed by atoms with Crippen LogP contribution < -0.4 is 11.1 Å². The Bertz CT molecular complexity index is 366. The summed E-state index contributed by atoms with van der Waals surface area (Å²) < 4.78 is 0. The zero-order valence-electron chi connectivity index (χ0n) is 11.3. The number of amides is 3. The fourth-order valence-electron chi connectivity index (χ4n) is 1.81. The maximum Gasteiger partial charge on any atom is 0.326 e. The van der Waals surface area contributed by atoms with Gasteiger partial charge in [-0.3, -0.25) is 4.79 Å². The Morgan fingerprint density at radius 2 is 1.95 bits per heavy atom. The predicted molar refractivity (Wildman–Crippen MR) is 68.3 cm³/mol. The third-order valence-electron chi connectivity index (χ3n) is 2.81. The Morgan fingerprint density at radius 3 is 2.32 bits per heavy atom.